The van der Waals surface area contributed by atoms with Crippen molar-refractivity contribution >= 4 is 0 Å². The molecule has 2 aromatic rings. The largest absolute Gasteiger partial charge is 0.497 e. The third kappa shape index (κ3) is 2.73. The molecule has 1 aromatic carbocycles. The molecule has 0 amide bonds. The summed E-state index contributed by atoms with van der Waals surface area (Å²) in [4.78, 5) is 0. The van der Waals surface area contributed by atoms with Crippen molar-refractivity contribution in [1.29, 1.82) is 0 Å². The zero-order chi connectivity index (χ0) is 13.9. The van der Waals surface area contributed by atoms with E-state index in [-0.39, 0.29) is 6.04 Å². The number of benzene rings is 1. The number of nitrogens with one attached hydrogen (secondary N) is 1. The van der Waals surface area contributed by atoms with Gasteiger partial charge in [0.25, 0.3) is 0 Å². The van der Waals surface area contributed by atoms with E-state index in [1.807, 2.05) is 12.1 Å². The Kier molecular flexibility index (Phi) is 3.79. The van der Waals surface area contributed by atoms with Crippen molar-refractivity contribution in [3.63, 3.8) is 0 Å². The van der Waals surface area contributed by atoms with Crippen LogP contribution in [0.2, 0.25) is 0 Å². The first-order chi connectivity index (χ1) is 9.76. The third-order valence-electron chi connectivity index (χ3n) is 4.10. The summed E-state index contributed by atoms with van der Waals surface area (Å²) in [5, 5.41) is 3.67. The van der Waals surface area contributed by atoms with Gasteiger partial charge in [-0.25, -0.2) is 0 Å². The summed E-state index contributed by atoms with van der Waals surface area (Å²) in [5.74, 6) is 1.95. The Labute approximate surface area is 119 Å². The fraction of sp³-hybridized carbons (Fsp3) is 0.412. The second-order valence-electron chi connectivity index (χ2n) is 5.48. The maximum Gasteiger partial charge on any atom is 0.120 e. The Bertz CT molecular complexity index is 562. The van der Waals surface area contributed by atoms with Gasteiger partial charge in [-0.2, -0.15) is 0 Å². The number of hydrogen-bond donors (Lipinski definition) is 1. The van der Waals surface area contributed by atoms with Crippen LogP contribution < -0.4 is 10.1 Å². The second-order valence-corrected chi connectivity index (χ2v) is 5.48. The maximum atomic E-state index is 5.46. The molecule has 0 fully saturated rings. The first-order valence-electron chi connectivity index (χ1n) is 7.21. The molecule has 3 heteroatoms. The lowest BCUT2D eigenvalue weighted by Crippen LogP contribution is -2.36. The predicted molar refractivity (Wildman–Crippen MR) is 79.1 cm³/mol. The number of rotatable bonds is 4. The summed E-state index contributed by atoms with van der Waals surface area (Å²) in [5.41, 5.74) is 2.86. The van der Waals surface area contributed by atoms with Crippen molar-refractivity contribution in [2.75, 3.05) is 7.11 Å². The van der Waals surface area contributed by atoms with E-state index in [1.165, 1.54) is 17.5 Å². The van der Waals surface area contributed by atoms with Crippen LogP contribution in [-0.2, 0) is 12.8 Å². The van der Waals surface area contributed by atoms with Crippen LogP contribution in [0.5, 0.6) is 5.75 Å². The fourth-order valence-electron chi connectivity index (χ4n) is 2.98. The van der Waals surface area contributed by atoms with Crippen LogP contribution in [0, 0.1) is 0 Å². The first kappa shape index (κ1) is 13.3. The molecular formula is C17H21NO2. The minimum Gasteiger partial charge on any atom is -0.497 e. The molecule has 3 rings (SSSR count). The highest BCUT2D eigenvalue weighted by molar-refractivity contribution is 5.38. The predicted octanol–water partition coefficient (Wildman–Crippen LogP) is 3.50. The average molecular weight is 271 g/mol. The van der Waals surface area contributed by atoms with Crippen molar-refractivity contribution in [1.82, 2.24) is 5.32 Å². The molecule has 0 spiro atoms. The van der Waals surface area contributed by atoms with Crippen LogP contribution in [0.4, 0.5) is 0 Å². The van der Waals surface area contributed by atoms with E-state index in [2.05, 4.69) is 30.4 Å². The van der Waals surface area contributed by atoms with Crippen molar-refractivity contribution in [3.05, 3.63) is 53.5 Å². The summed E-state index contributed by atoms with van der Waals surface area (Å²) < 4.78 is 10.8. The third-order valence-corrected chi connectivity index (χ3v) is 4.10. The molecule has 2 atom stereocenters. The number of hydrogen-bond acceptors (Lipinski definition) is 3. The Hall–Kier alpha value is -1.74. The summed E-state index contributed by atoms with van der Waals surface area (Å²) in [6.07, 6.45) is 5.08. The Morgan fingerprint density at radius 2 is 2.20 bits per heavy atom. The van der Waals surface area contributed by atoms with Crippen LogP contribution >= 0.6 is 0 Å². The van der Waals surface area contributed by atoms with E-state index in [0.717, 1.165) is 24.4 Å². The molecule has 1 aliphatic carbocycles. The molecule has 106 valence electrons. The van der Waals surface area contributed by atoms with Crippen molar-refractivity contribution in [2.45, 2.75) is 38.3 Å². The quantitative estimate of drug-likeness (QED) is 0.924. The number of aryl methyl sites for hydroxylation is 1. The summed E-state index contributed by atoms with van der Waals surface area (Å²) in [7, 11) is 1.72. The van der Waals surface area contributed by atoms with Crippen LogP contribution in [0.3, 0.4) is 0 Å². The summed E-state index contributed by atoms with van der Waals surface area (Å²) >= 11 is 0. The normalized spacial score (nSPS) is 19.4. The van der Waals surface area contributed by atoms with Gasteiger partial charge in [0.2, 0.25) is 0 Å². The van der Waals surface area contributed by atoms with Crippen LogP contribution in [0.25, 0.3) is 0 Å². The van der Waals surface area contributed by atoms with E-state index >= 15 is 0 Å². The number of furan rings is 1. The molecule has 1 unspecified atom stereocenters. The van der Waals surface area contributed by atoms with Gasteiger partial charge in [0, 0.05) is 6.04 Å². The van der Waals surface area contributed by atoms with E-state index in [1.54, 1.807) is 13.4 Å². The Morgan fingerprint density at radius 1 is 1.30 bits per heavy atom. The van der Waals surface area contributed by atoms with E-state index in [9.17, 15) is 0 Å². The lowest BCUT2D eigenvalue weighted by atomic mass is 9.87. The SMILES string of the molecule is COc1ccc2c(c1)CC(N[C@@H](C)c1ccco1)CC2. The molecule has 0 saturated heterocycles. The van der Waals surface area contributed by atoms with Gasteiger partial charge >= 0.3 is 0 Å². The molecule has 1 aromatic heterocycles. The standard InChI is InChI=1S/C17H21NO2/c1-12(17-4-3-9-20-17)18-15-7-5-13-6-8-16(19-2)11-14(13)10-15/h3-4,6,8-9,11-12,15,18H,5,7,10H2,1-2H3/t12-,15?/m0/s1. The average Bonchev–Trinajstić information content (AvgIpc) is 3.00. The molecule has 0 radical (unpaired) electrons. The zero-order valence-electron chi connectivity index (χ0n) is 12.1. The highest BCUT2D eigenvalue weighted by atomic mass is 16.5. The van der Waals surface area contributed by atoms with Crippen molar-refractivity contribution in [3.8, 4) is 5.75 Å². The second kappa shape index (κ2) is 5.71. The Balaban J connectivity index is 1.68. The molecule has 1 N–H and O–H groups in total. The maximum absolute atomic E-state index is 5.46. The van der Waals surface area contributed by atoms with Crippen molar-refractivity contribution in [2.24, 2.45) is 0 Å². The Morgan fingerprint density at radius 3 is 2.95 bits per heavy atom. The van der Waals surface area contributed by atoms with Gasteiger partial charge in [0.05, 0.1) is 19.4 Å². The van der Waals surface area contributed by atoms with Crippen molar-refractivity contribution < 1.29 is 9.15 Å². The van der Waals surface area contributed by atoms with E-state index < -0.39 is 0 Å². The first-order valence-corrected chi connectivity index (χ1v) is 7.21. The molecule has 0 bridgehead atoms. The molecular weight excluding hydrogens is 250 g/mol. The molecule has 0 aliphatic heterocycles. The number of fused-ring (bicyclic) bond motifs is 1. The molecule has 0 saturated carbocycles. The van der Waals surface area contributed by atoms with Gasteiger partial charge in [-0.3, -0.25) is 0 Å². The van der Waals surface area contributed by atoms with Gasteiger partial charge in [-0.05, 0) is 61.6 Å². The van der Waals surface area contributed by atoms with Gasteiger partial charge < -0.3 is 14.5 Å². The molecule has 1 heterocycles. The van der Waals surface area contributed by atoms with Gasteiger partial charge in [-0.1, -0.05) is 6.07 Å². The van der Waals surface area contributed by atoms with E-state index in [4.69, 9.17) is 9.15 Å². The monoisotopic (exact) mass is 271 g/mol. The molecule has 3 nitrogen and oxygen atoms in total. The minimum absolute atomic E-state index is 0.252. The molecule has 1 aliphatic rings. The topological polar surface area (TPSA) is 34.4 Å². The van der Waals surface area contributed by atoms with Gasteiger partial charge in [0.15, 0.2) is 0 Å². The lowest BCUT2D eigenvalue weighted by Gasteiger charge is -2.28. The highest BCUT2D eigenvalue weighted by Gasteiger charge is 2.21. The highest BCUT2D eigenvalue weighted by Crippen LogP contribution is 2.27. The number of ether oxygens (including phenoxy) is 1. The summed E-state index contributed by atoms with van der Waals surface area (Å²) in [6, 6.07) is 11.1. The zero-order valence-corrected chi connectivity index (χ0v) is 12.1. The minimum atomic E-state index is 0.252. The smallest absolute Gasteiger partial charge is 0.120 e. The summed E-state index contributed by atoms with van der Waals surface area (Å²) in [6.45, 7) is 2.15. The van der Waals surface area contributed by atoms with Crippen LogP contribution in [-0.4, -0.2) is 13.2 Å². The van der Waals surface area contributed by atoms with Crippen LogP contribution in [0.15, 0.2) is 41.0 Å². The van der Waals surface area contributed by atoms with Crippen LogP contribution in [0.1, 0.15) is 36.3 Å². The van der Waals surface area contributed by atoms with E-state index in [0.29, 0.717) is 6.04 Å². The van der Waals surface area contributed by atoms with Gasteiger partial charge in [0.1, 0.15) is 11.5 Å². The van der Waals surface area contributed by atoms with Gasteiger partial charge in [-0.15, -0.1) is 0 Å². The lowest BCUT2D eigenvalue weighted by molar-refractivity contribution is 0.365. The number of methoxy groups -OCH3 is 1. The fourth-order valence-corrected chi connectivity index (χ4v) is 2.98. The molecule has 20 heavy (non-hydrogen) atoms.